The Morgan fingerprint density at radius 3 is 2.35 bits per heavy atom. The molecule has 1 aliphatic rings. The summed E-state index contributed by atoms with van der Waals surface area (Å²) in [6.07, 6.45) is 1.07. The van der Waals surface area contributed by atoms with Crippen LogP contribution in [0.2, 0.25) is 0 Å². The highest BCUT2D eigenvalue weighted by atomic mass is 16.6. The van der Waals surface area contributed by atoms with Crippen LogP contribution >= 0.6 is 0 Å². The van der Waals surface area contributed by atoms with Crippen molar-refractivity contribution in [1.82, 2.24) is 0 Å². The van der Waals surface area contributed by atoms with Crippen molar-refractivity contribution in [2.24, 2.45) is 5.41 Å². The highest BCUT2D eigenvalue weighted by Crippen LogP contribution is 2.45. The zero-order valence-corrected chi connectivity index (χ0v) is 19.0. The van der Waals surface area contributed by atoms with Crippen LogP contribution in [0.4, 0.5) is 0 Å². The molecule has 2 aromatic rings. The summed E-state index contributed by atoms with van der Waals surface area (Å²) in [4.78, 5) is 24.5. The quantitative estimate of drug-likeness (QED) is 0.562. The van der Waals surface area contributed by atoms with E-state index in [0.29, 0.717) is 23.7 Å². The summed E-state index contributed by atoms with van der Waals surface area (Å²) in [6.45, 7) is 7.29. The number of aryl methyl sites for hydroxylation is 1. The lowest BCUT2D eigenvalue weighted by Crippen LogP contribution is -2.34. The van der Waals surface area contributed by atoms with Crippen molar-refractivity contribution < 1.29 is 28.5 Å². The Morgan fingerprint density at radius 2 is 1.71 bits per heavy atom. The van der Waals surface area contributed by atoms with Crippen LogP contribution in [-0.2, 0) is 16.0 Å². The van der Waals surface area contributed by atoms with Gasteiger partial charge in [0.05, 0.1) is 25.7 Å². The molecule has 31 heavy (non-hydrogen) atoms. The first-order chi connectivity index (χ1) is 14.7. The van der Waals surface area contributed by atoms with Crippen LogP contribution < -0.4 is 14.2 Å². The monoisotopic (exact) mass is 426 g/mol. The molecule has 1 aliphatic carbocycles. The highest BCUT2D eigenvalue weighted by molar-refractivity contribution is 6.01. The zero-order chi connectivity index (χ0) is 22.8. The summed E-state index contributed by atoms with van der Waals surface area (Å²) in [5.74, 6) is 1.30. The van der Waals surface area contributed by atoms with E-state index in [1.807, 2.05) is 44.2 Å². The van der Waals surface area contributed by atoms with E-state index in [1.165, 1.54) is 0 Å². The molecule has 0 atom stereocenters. The summed E-state index contributed by atoms with van der Waals surface area (Å²) in [5, 5.41) is 0. The molecule has 6 nitrogen and oxygen atoms in total. The predicted octanol–water partition coefficient (Wildman–Crippen LogP) is 4.86. The van der Waals surface area contributed by atoms with Crippen molar-refractivity contribution in [3.05, 3.63) is 41.5 Å². The minimum Gasteiger partial charge on any atom is -0.493 e. The van der Waals surface area contributed by atoms with Crippen LogP contribution in [0.3, 0.4) is 0 Å². The molecule has 0 amide bonds. The van der Waals surface area contributed by atoms with Gasteiger partial charge in [-0.25, -0.2) is 0 Å². The lowest BCUT2D eigenvalue weighted by molar-refractivity contribution is -0.159. The molecule has 0 unspecified atom stereocenters. The molecule has 3 rings (SSSR count). The Morgan fingerprint density at radius 1 is 1.00 bits per heavy atom. The fraction of sp³-hybridized carbons (Fsp3) is 0.440. The maximum absolute atomic E-state index is 12.5. The molecular formula is C25H30O6. The van der Waals surface area contributed by atoms with E-state index in [-0.39, 0.29) is 24.5 Å². The fourth-order valence-corrected chi connectivity index (χ4v) is 3.58. The highest BCUT2D eigenvalue weighted by Gasteiger charge is 2.32. The van der Waals surface area contributed by atoms with Crippen LogP contribution in [0.25, 0.3) is 11.1 Å². The lowest BCUT2D eigenvalue weighted by Gasteiger charge is -2.26. The maximum Gasteiger partial charge on any atom is 0.315 e. The van der Waals surface area contributed by atoms with Crippen molar-refractivity contribution >= 4 is 11.8 Å². The summed E-state index contributed by atoms with van der Waals surface area (Å²) in [6, 6.07) is 9.51. The number of esters is 1. The first-order valence-electron chi connectivity index (χ1n) is 10.4. The lowest BCUT2D eigenvalue weighted by atomic mass is 9.94. The number of Topliss-reactive ketones (excluding diaryl/α,β-unsaturated/α-hetero) is 1. The van der Waals surface area contributed by atoms with Gasteiger partial charge >= 0.3 is 5.97 Å². The number of rotatable bonds is 8. The Bertz CT molecular complexity index is 990. The molecule has 0 bridgehead atoms. The summed E-state index contributed by atoms with van der Waals surface area (Å²) >= 11 is 0. The van der Waals surface area contributed by atoms with E-state index in [2.05, 4.69) is 0 Å². The number of ketones is 1. The molecular weight excluding hydrogens is 396 g/mol. The normalized spacial score (nSPS) is 13.2. The van der Waals surface area contributed by atoms with Gasteiger partial charge in [0, 0.05) is 17.5 Å². The zero-order valence-electron chi connectivity index (χ0n) is 19.0. The van der Waals surface area contributed by atoms with Crippen LogP contribution in [0, 0.1) is 5.41 Å². The summed E-state index contributed by atoms with van der Waals surface area (Å²) < 4.78 is 22.6. The topological polar surface area (TPSA) is 71.1 Å². The van der Waals surface area contributed by atoms with Gasteiger partial charge in [-0.3, -0.25) is 9.59 Å². The minimum atomic E-state index is -0.861. The number of hydrogen-bond donors (Lipinski definition) is 0. The third-order valence-corrected chi connectivity index (χ3v) is 5.31. The van der Waals surface area contributed by atoms with Crippen molar-refractivity contribution in [3.63, 3.8) is 0 Å². The summed E-state index contributed by atoms with van der Waals surface area (Å²) in [7, 11) is 3.11. The number of methoxy groups -OCH3 is 2. The Kier molecular flexibility index (Phi) is 6.58. The number of hydrogen-bond acceptors (Lipinski definition) is 6. The van der Waals surface area contributed by atoms with Gasteiger partial charge in [0.15, 0.2) is 17.3 Å². The van der Waals surface area contributed by atoms with Crippen LogP contribution in [0.1, 0.15) is 50.0 Å². The number of ether oxygens (including phenoxy) is 4. The standard InChI is InChI=1S/C25H30O6/c1-15(2)31-24(27)25(3,4)14-30-22-19(10-12-21(28-5)23(22)29-6)17-7-9-18-16(13-17)8-11-20(18)26/h7,9-10,12-13,15H,8,11,14H2,1-6H3. The van der Waals surface area contributed by atoms with E-state index < -0.39 is 5.41 Å². The number of carbonyl (C=O) groups is 2. The number of carbonyl (C=O) groups excluding carboxylic acids is 2. The van der Waals surface area contributed by atoms with E-state index in [0.717, 1.165) is 28.7 Å². The molecule has 6 heteroatoms. The second-order valence-corrected chi connectivity index (χ2v) is 8.60. The maximum atomic E-state index is 12.5. The van der Waals surface area contributed by atoms with E-state index in [4.69, 9.17) is 18.9 Å². The molecule has 166 valence electrons. The number of benzene rings is 2. The second kappa shape index (κ2) is 9.00. The van der Waals surface area contributed by atoms with Crippen LogP contribution in [0.15, 0.2) is 30.3 Å². The first-order valence-corrected chi connectivity index (χ1v) is 10.4. The van der Waals surface area contributed by atoms with Crippen molar-refractivity contribution in [3.8, 4) is 28.4 Å². The van der Waals surface area contributed by atoms with Gasteiger partial charge in [-0.2, -0.15) is 0 Å². The van der Waals surface area contributed by atoms with Crippen LogP contribution in [0.5, 0.6) is 17.2 Å². The average molecular weight is 427 g/mol. The SMILES string of the molecule is COc1ccc(-c2ccc3c(c2)CCC3=O)c(OCC(C)(C)C(=O)OC(C)C)c1OC. The third-order valence-electron chi connectivity index (χ3n) is 5.31. The van der Waals surface area contributed by atoms with E-state index in [1.54, 1.807) is 28.1 Å². The molecule has 0 radical (unpaired) electrons. The average Bonchev–Trinajstić information content (AvgIpc) is 3.11. The van der Waals surface area contributed by atoms with Crippen molar-refractivity contribution in [2.45, 2.75) is 46.6 Å². The van der Waals surface area contributed by atoms with E-state index >= 15 is 0 Å². The minimum absolute atomic E-state index is 0.0957. The largest absolute Gasteiger partial charge is 0.493 e. The Balaban J connectivity index is 2.00. The van der Waals surface area contributed by atoms with Crippen LogP contribution in [-0.4, -0.2) is 38.7 Å². The Hall–Kier alpha value is -3.02. The molecule has 0 aliphatic heterocycles. The van der Waals surface area contributed by atoms with Gasteiger partial charge in [0.25, 0.3) is 0 Å². The molecule has 0 N–H and O–H groups in total. The van der Waals surface area contributed by atoms with Gasteiger partial charge in [-0.1, -0.05) is 18.2 Å². The fourth-order valence-electron chi connectivity index (χ4n) is 3.58. The van der Waals surface area contributed by atoms with E-state index in [9.17, 15) is 9.59 Å². The van der Waals surface area contributed by atoms with Gasteiger partial charge in [-0.05, 0) is 57.4 Å². The van der Waals surface area contributed by atoms with Gasteiger partial charge in [0.1, 0.15) is 6.61 Å². The second-order valence-electron chi connectivity index (χ2n) is 8.60. The number of fused-ring (bicyclic) bond motifs is 1. The molecule has 0 saturated carbocycles. The van der Waals surface area contributed by atoms with Gasteiger partial charge < -0.3 is 18.9 Å². The molecule has 0 fully saturated rings. The molecule has 0 saturated heterocycles. The van der Waals surface area contributed by atoms with Gasteiger partial charge in [-0.15, -0.1) is 0 Å². The Labute approximate surface area is 183 Å². The van der Waals surface area contributed by atoms with Crippen molar-refractivity contribution in [2.75, 3.05) is 20.8 Å². The molecule has 0 aromatic heterocycles. The smallest absolute Gasteiger partial charge is 0.315 e. The summed E-state index contributed by atoms with van der Waals surface area (Å²) in [5.41, 5.74) is 2.66. The third kappa shape index (κ3) is 4.68. The molecule has 0 heterocycles. The molecule has 0 spiro atoms. The first kappa shape index (κ1) is 22.7. The van der Waals surface area contributed by atoms with Gasteiger partial charge in [0.2, 0.25) is 5.75 Å². The van der Waals surface area contributed by atoms with Crippen molar-refractivity contribution in [1.29, 1.82) is 0 Å². The predicted molar refractivity (Wildman–Crippen MR) is 118 cm³/mol. The molecule has 2 aromatic carbocycles.